The molecule has 0 saturated heterocycles. The van der Waals surface area contributed by atoms with E-state index >= 15 is 0 Å². The second-order valence-electron chi connectivity index (χ2n) is 4.27. The van der Waals surface area contributed by atoms with E-state index in [0.717, 1.165) is 5.69 Å². The number of halogens is 1. The minimum atomic E-state index is -0.435. The summed E-state index contributed by atoms with van der Waals surface area (Å²) in [6.45, 7) is 0.102. The van der Waals surface area contributed by atoms with E-state index in [1.54, 1.807) is 29.1 Å². The predicted octanol–water partition coefficient (Wildman–Crippen LogP) is 2.10. The molecule has 0 bridgehead atoms. The summed E-state index contributed by atoms with van der Waals surface area (Å²) in [6.07, 6.45) is 3.30. The Labute approximate surface area is 131 Å². The van der Waals surface area contributed by atoms with Gasteiger partial charge in [-0.25, -0.2) is 8.72 Å². The molecule has 0 saturated carbocycles. The van der Waals surface area contributed by atoms with Crippen LogP contribution in [0.5, 0.6) is 0 Å². The van der Waals surface area contributed by atoms with E-state index in [1.807, 2.05) is 30.3 Å². The molecule has 108 valence electrons. The number of hydrogen-bond acceptors (Lipinski definition) is 3. The third-order valence-corrected chi connectivity index (χ3v) is 3.60. The number of carbonyl (C=O) groups is 2. The van der Waals surface area contributed by atoms with E-state index in [9.17, 15) is 9.59 Å². The lowest BCUT2D eigenvalue weighted by atomic mass is 10.3. The lowest BCUT2D eigenvalue weighted by Gasteiger charge is -2.12. The van der Waals surface area contributed by atoms with Crippen LogP contribution in [0.15, 0.2) is 54.9 Å². The van der Waals surface area contributed by atoms with E-state index in [4.69, 9.17) is 0 Å². The molecule has 0 radical (unpaired) electrons. The minimum absolute atomic E-state index is 0.102. The Bertz CT molecular complexity index is 646. The van der Waals surface area contributed by atoms with E-state index in [0.29, 0.717) is 5.56 Å². The van der Waals surface area contributed by atoms with Crippen molar-refractivity contribution in [3.05, 3.63) is 60.4 Å². The van der Waals surface area contributed by atoms with Crippen LogP contribution in [-0.4, -0.2) is 19.0 Å². The Morgan fingerprint density at radius 3 is 2.57 bits per heavy atom. The number of nitrogens with zero attached hydrogens (tertiary/aromatic N) is 2. The van der Waals surface area contributed by atoms with E-state index in [-0.39, 0.29) is 12.5 Å². The molecule has 0 spiro atoms. The number of rotatable bonds is 4. The normalized spacial score (nSPS) is 10.0. The highest BCUT2D eigenvalue weighted by Gasteiger charge is 2.19. The Morgan fingerprint density at radius 2 is 1.90 bits per heavy atom. The topological polar surface area (TPSA) is 50.5 Å². The van der Waals surface area contributed by atoms with Crippen molar-refractivity contribution in [2.75, 3.05) is 11.0 Å². The first-order valence-electron chi connectivity index (χ1n) is 6.23. The molecule has 1 amide bonds. The van der Waals surface area contributed by atoms with Crippen molar-refractivity contribution in [2.24, 2.45) is 0 Å². The lowest BCUT2D eigenvalue weighted by Crippen LogP contribution is -2.42. The molecule has 0 aliphatic carbocycles. The second kappa shape index (κ2) is 6.99. The molecule has 0 N–H and O–H groups in total. The van der Waals surface area contributed by atoms with Crippen LogP contribution in [0.1, 0.15) is 10.4 Å². The summed E-state index contributed by atoms with van der Waals surface area (Å²) in [6, 6.07) is 12.5. The van der Waals surface area contributed by atoms with Gasteiger partial charge in [0.15, 0.2) is 12.4 Å². The number of para-hydroxylation sites is 1. The first kappa shape index (κ1) is 15.2. The first-order chi connectivity index (χ1) is 10.1. The van der Waals surface area contributed by atoms with Gasteiger partial charge in [-0.15, -0.1) is 0 Å². The molecule has 2 rings (SSSR count). The fourth-order valence-electron chi connectivity index (χ4n) is 1.78. The van der Waals surface area contributed by atoms with Gasteiger partial charge in [0.05, 0.1) is 28.9 Å². The zero-order valence-electron chi connectivity index (χ0n) is 11.4. The number of pyridine rings is 1. The van der Waals surface area contributed by atoms with Crippen LogP contribution in [0.4, 0.5) is 5.69 Å². The number of amides is 1. The predicted molar refractivity (Wildman–Crippen MR) is 80.8 cm³/mol. The maximum Gasteiger partial charge on any atom is 0.343 e. The number of ether oxygens (including phenoxy) is 1. The van der Waals surface area contributed by atoms with E-state index in [1.165, 1.54) is 11.0 Å². The third-order valence-electron chi connectivity index (χ3n) is 2.80. The molecular weight excluding hydrogens is 336 g/mol. The number of carbonyl (C=O) groups excluding carboxylic acids is 2. The van der Waals surface area contributed by atoms with E-state index in [2.05, 4.69) is 20.9 Å². The monoisotopic (exact) mass is 349 g/mol. The maximum absolute atomic E-state index is 12.2. The molecule has 0 aliphatic rings. The minimum Gasteiger partial charge on any atom is -0.465 e. The van der Waals surface area contributed by atoms with Crippen LogP contribution in [-0.2, 0) is 16.1 Å². The van der Waals surface area contributed by atoms with Crippen LogP contribution in [0.25, 0.3) is 0 Å². The zero-order valence-corrected chi connectivity index (χ0v) is 13.0. The Kier molecular flexibility index (Phi) is 5.05. The van der Waals surface area contributed by atoms with Gasteiger partial charge in [-0.1, -0.05) is 18.2 Å². The Balaban J connectivity index is 2.11. The molecule has 0 unspecified atom stereocenters. The molecule has 1 aromatic heterocycles. The van der Waals surface area contributed by atoms with Gasteiger partial charge in [-0.2, -0.15) is 4.57 Å². The van der Waals surface area contributed by atoms with Crippen LogP contribution in [0.3, 0.4) is 0 Å². The second-order valence-corrected chi connectivity index (χ2v) is 4.98. The highest BCUT2D eigenvalue weighted by molar-refractivity contribution is 9.10. The Hall–Kier alpha value is -2.21. The molecule has 21 heavy (non-hydrogen) atoms. The van der Waals surface area contributed by atoms with Crippen LogP contribution < -0.4 is 8.49 Å². The highest BCUT2D eigenvalue weighted by Crippen LogP contribution is 2.17. The lowest BCUT2D eigenvalue weighted by molar-refractivity contribution is -0.684. The van der Waals surface area contributed by atoms with Crippen molar-refractivity contribution >= 4 is 33.7 Å². The smallest absolute Gasteiger partial charge is 0.343 e. The van der Waals surface area contributed by atoms with Gasteiger partial charge in [0.1, 0.15) is 5.56 Å². The number of anilines is 1. The van der Waals surface area contributed by atoms with Crippen molar-refractivity contribution in [2.45, 2.75) is 6.54 Å². The molecule has 5 nitrogen and oxygen atoms in total. The van der Waals surface area contributed by atoms with E-state index < -0.39 is 5.97 Å². The standard InChI is InChI=1S/C15H14BrN2O3/c1-21-15(20)12-6-5-9-17(10-12)11-14(19)18(16)13-7-3-2-4-8-13/h2-10H,11H2,1H3/q+1. The molecule has 0 atom stereocenters. The molecule has 6 heteroatoms. The van der Waals surface area contributed by atoms with Crippen molar-refractivity contribution in [1.29, 1.82) is 0 Å². The van der Waals surface area contributed by atoms with Gasteiger partial charge in [-0.05, 0) is 18.2 Å². The van der Waals surface area contributed by atoms with Crippen molar-refractivity contribution in [1.82, 2.24) is 0 Å². The van der Waals surface area contributed by atoms with Crippen LogP contribution in [0, 0.1) is 0 Å². The van der Waals surface area contributed by atoms with Gasteiger partial charge in [0.25, 0.3) is 0 Å². The fraction of sp³-hybridized carbons (Fsp3) is 0.133. The van der Waals surface area contributed by atoms with Crippen LogP contribution >= 0.6 is 16.1 Å². The zero-order chi connectivity index (χ0) is 15.2. The number of esters is 1. The summed E-state index contributed by atoms with van der Waals surface area (Å²) in [4.78, 5) is 23.7. The molecular formula is C15H14BrN2O3+. The fourth-order valence-corrected chi connectivity index (χ4v) is 2.13. The molecule has 2 aromatic rings. The van der Waals surface area contributed by atoms with Crippen molar-refractivity contribution in [3.8, 4) is 0 Å². The van der Waals surface area contributed by atoms with Gasteiger partial charge in [0, 0.05) is 6.07 Å². The summed E-state index contributed by atoms with van der Waals surface area (Å²) in [7, 11) is 1.32. The summed E-state index contributed by atoms with van der Waals surface area (Å²) in [5, 5.41) is 0. The highest BCUT2D eigenvalue weighted by atomic mass is 79.9. The molecule has 1 aromatic carbocycles. The quantitative estimate of drug-likeness (QED) is 0.482. The van der Waals surface area contributed by atoms with Gasteiger partial charge in [0.2, 0.25) is 6.54 Å². The largest absolute Gasteiger partial charge is 0.465 e. The number of hydrogen-bond donors (Lipinski definition) is 0. The average molecular weight is 350 g/mol. The summed E-state index contributed by atoms with van der Waals surface area (Å²) >= 11 is 3.25. The Morgan fingerprint density at radius 1 is 1.19 bits per heavy atom. The summed E-state index contributed by atoms with van der Waals surface area (Å²) < 4.78 is 7.68. The number of aromatic nitrogens is 1. The first-order valence-corrected chi connectivity index (χ1v) is 6.94. The summed E-state index contributed by atoms with van der Waals surface area (Å²) in [5.41, 5.74) is 1.14. The van der Waals surface area contributed by atoms with Gasteiger partial charge in [-0.3, -0.25) is 4.79 Å². The van der Waals surface area contributed by atoms with Crippen LogP contribution in [0.2, 0.25) is 0 Å². The van der Waals surface area contributed by atoms with Crippen molar-refractivity contribution in [3.63, 3.8) is 0 Å². The average Bonchev–Trinajstić information content (AvgIpc) is 2.54. The molecule has 1 heterocycles. The maximum atomic E-state index is 12.2. The molecule has 0 fully saturated rings. The van der Waals surface area contributed by atoms with Gasteiger partial charge >= 0.3 is 11.9 Å². The third kappa shape index (κ3) is 3.88. The number of methoxy groups -OCH3 is 1. The molecule has 0 aliphatic heterocycles. The SMILES string of the molecule is COC(=O)c1ccc[n+](CC(=O)N(Br)c2ccccc2)c1. The van der Waals surface area contributed by atoms with Gasteiger partial charge < -0.3 is 4.74 Å². The number of benzene rings is 1. The summed E-state index contributed by atoms with van der Waals surface area (Å²) in [5.74, 6) is -0.594. The van der Waals surface area contributed by atoms with Crippen molar-refractivity contribution < 1.29 is 18.9 Å².